The molecule has 0 aliphatic carbocycles. The Labute approximate surface area is 298 Å². The maximum absolute atomic E-state index is 13.3. The van der Waals surface area contributed by atoms with E-state index in [1.165, 1.54) is 6.07 Å². The van der Waals surface area contributed by atoms with E-state index in [9.17, 15) is 29.7 Å². The standard InChI is InChI=1S/C24H31NO4.C17H27NO3/c1-4-7-8-12-15-18-19(24(28)29)16-20(25(5-2)6-3)23(27)21(18)22(26)17-13-10-9-11-14-17;1-4-7-8-9-13-21-17(20)14-11-10-12-15(16(14)19)18(5-2)6-3/h9-11,13-14,16,27H,4-8,12,15H2,1-3H3,(H,28,29);10-12,19H,4-9,13H2,1-3H3. The molecule has 3 aromatic carbocycles. The highest BCUT2D eigenvalue weighted by atomic mass is 16.5. The van der Waals surface area contributed by atoms with E-state index in [2.05, 4.69) is 13.8 Å². The highest BCUT2D eigenvalue weighted by Crippen LogP contribution is 2.38. The summed E-state index contributed by atoms with van der Waals surface area (Å²) < 4.78 is 5.24. The molecule has 274 valence electrons. The number of aromatic carboxylic acids is 1. The molecule has 0 saturated carbocycles. The van der Waals surface area contributed by atoms with Crippen LogP contribution in [0.4, 0.5) is 11.4 Å². The predicted octanol–water partition coefficient (Wildman–Crippen LogP) is 9.27. The van der Waals surface area contributed by atoms with Crippen LogP contribution in [0.25, 0.3) is 0 Å². The van der Waals surface area contributed by atoms with Crippen LogP contribution in [0.1, 0.15) is 135 Å². The molecule has 0 spiro atoms. The van der Waals surface area contributed by atoms with Crippen molar-refractivity contribution in [3.05, 3.63) is 82.4 Å². The number of carbonyl (C=O) groups is 3. The maximum Gasteiger partial charge on any atom is 0.341 e. The lowest BCUT2D eigenvalue weighted by atomic mass is 9.89. The SMILES string of the molecule is CCCCCCOC(=O)c1cccc(N(CC)CC)c1O.CCCCCCc1c(C(=O)O)cc(N(CC)CC)c(O)c1C(=O)c1ccccc1. The summed E-state index contributed by atoms with van der Waals surface area (Å²) in [5.74, 6) is -1.98. The van der Waals surface area contributed by atoms with Gasteiger partial charge in [-0.3, -0.25) is 4.79 Å². The molecule has 0 aliphatic rings. The molecule has 0 amide bonds. The van der Waals surface area contributed by atoms with E-state index in [0.717, 1.165) is 64.5 Å². The summed E-state index contributed by atoms with van der Waals surface area (Å²) >= 11 is 0. The summed E-state index contributed by atoms with van der Waals surface area (Å²) in [5, 5.41) is 31.3. The Morgan fingerprint density at radius 2 is 1.22 bits per heavy atom. The molecule has 0 aliphatic heterocycles. The smallest absolute Gasteiger partial charge is 0.341 e. The first-order chi connectivity index (χ1) is 24.1. The second-order valence-corrected chi connectivity index (χ2v) is 12.2. The molecule has 0 atom stereocenters. The van der Waals surface area contributed by atoms with E-state index in [1.54, 1.807) is 36.4 Å². The van der Waals surface area contributed by atoms with Gasteiger partial charge in [-0.25, -0.2) is 9.59 Å². The first-order valence-electron chi connectivity index (χ1n) is 18.3. The first kappa shape index (κ1) is 41.6. The van der Waals surface area contributed by atoms with Crippen molar-refractivity contribution in [1.29, 1.82) is 0 Å². The zero-order valence-electron chi connectivity index (χ0n) is 31.0. The summed E-state index contributed by atoms with van der Waals surface area (Å²) in [4.78, 5) is 41.3. The van der Waals surface area contributed by atoms with Crippen molar-refractivity contribution < 1.29 is 34.4 Å². The van der Waals surface area contributed by atoms with Gasteiger partial charge in [0.1, 0.15) is 11.3 Å². The minimum Gasteiger partial charge on any atom is -0.505 e. The van der Waals surface area contributed by atoms with E-state index < -0.39 is 11.9 Å². The number of hydrogen-bond donors (Lipinski definition) is 3. The lowest BCUT2D eigenvalue weighted by molar-refractivity contribution is 0.0494. The predicted molar refractivity (Wildman–Crippen MR) is 202 cm³/mol. The molecule has 0 bridgehead atoms. The second-order valence-electron chi connectivity index (χ2n) is 12.2. The number of phenols is 2. The summed E-state index contributed by atoms with van der Waals surface area (Å²) in [5.41, 5.74) is 2.40. The fraction of sp³-hybridized carbons (Fsp3) is 0.488. The Morgan fingerprint density at radius 1 is 0.640 bits per heavy atom. The Kier molecular flexibility index (Phi) is 18.5. The number of anilines is 2. The van der Waals surface area contributed by atoms with E-state index in [4.69, 9.17) is 4.74 Å². The Morgan fingerprint density at radius 3 is 1.78 bits per heavy atom. The fourth-order valence-corrected chi connectivity index (χ4v) is 5.95. The van der Waals surface area contributed by atoms with Gasteiger partial charge >= 0.3 is 11.9 Å². The van der Waals surface area contributed by atoms with Crippen molar-refractivity contribution in [2.75, 3.05) is 42.6 Å². The number of nitrogens with zero attached hydrogens (tertiary/aromatic N) is 2. The van der Waals surface area contributed by atoms with Crippen LogP contribution in [0.3, 0.4) is 0 Å². The second kappa shape index (κ2) is 22.2. The molecule has 0 radical (unpaired) electrons. The number of ketones is 1. The number of carbonyl (C=O) groups excluding carboxylic acids is 2. The van der Waals surface area contributed by atoms with Gasteiger partial charge in [-0.1, -0.05) is 88.8 Å². The monoisotopic (exact) mass is 690 g/mol. The fourth-order valence-electron chi connectivity index (χ4n) is 5.95. The number of hydrogen-bond acceptors (Lipinski definition) is 8. The van der Waals surface area contributed by atoms with Crippen LogP contribution in [0.15, 0.2) is 54.6 Å². The maximum atomic E-state index is 13.3. The van der Waals surface area contributed by atoms with Crippen LogP contribution in [-0.4, -0.2) is 65.8 Å². The Hall–Kier alpha value is -4.53. The minimum atomic E-state index is -1.08. The van der Waals surface area contributed by atoms with Crippen molar-refractivity contribution in [2.24, 2.45) is 0 Å². The molecule has 0 unspecified atom stereocenters. The molecule has 50 heavy (non-hydrogen) atoms. The molecule has 0 saturated heterocycles. The molecule has 3 N–H and O–H groups in total. The largest absolute Gasteiger partial charge is 0.505 e. The highest BCUT2D eigenvalue weighted by Gasteiger charge is 2.28. The molecule has 9 heteroatoms. The third-order valence-electron chi connectivity index (χ3n) is 8.84. The van der Waals surface area contributed by atoms with Crippen LogP contribution in [0, 0.1) is 0 Å². The van der Waals surface area contributed by atoms with Gasteiger partial charge in [0.05, 0.1) is 29.1 Å². The number of aromatic hydroxyl groups is 2. The van der Waals surface area contributed by atoms with Crippen molar-refractivity contribution in [3.8, 4) is 11.5 Å². The number of para-hydroxylation sites is 1. The number of rotatable bonds is 20. The van der Waals surface area contributed by atoms with Gasteiger partial charge in [-0.15, -0.1) is 0 Å². The highest BCUT2D eigenvalue weighted by molar-refractivity contribution is 6.14. The number of carboxylic acid groups (broad SMARTS) is 1. The third-order valence-corrected chi connectivity index (χ3v) is 8.84. The number of ether oxygens (including phenoxy) is 1. The Balaban J connectivity index is 0.000000366. The van der Waals surface area contributed by atoms with E-state index in [-0.39, 0.29) is 34.0 Å². The third kappa shape index (κ3) is 11.5. The summed E-state index contributed by atoms with van der Waals surface area (Å²) in [6.07, 6.45) is 8.52. The van der Waals surface area contributed by atoms with E-state index in [1.807, 2.05) is 49.6 Å². The van der Waals surface area contributed by atoms with Gasteiger partial charge in [0, 0.05) is 31.7 Å². The van der Waals surface area contributed by atoms with Gasteiger partial charge in [0.25, 0.3) is 0 Å². The number of unbranched alkanes of at least 4 members (excludes halogenated alkanes) is 6. The quantitative estimate of drug-likeness (QED) is 0.0604. The average Bonchev–Trinajstić information content (AvgIpc) is 3.12. The molecular formula is C41H58N2O7. The summed E-state index contributed by atoms with van der Waals surface area (Å²) in [6, 6.07) is 15.4. The van der Waals surface area contributed by atoms with Crippen LogP contribution in [0.5, 0.6) is 11.5 Å². The summed E-state index contributed by atoms with van der Waals surface area (Å²) in [6.45, 7) is 15.3. The molecule has 0 heterocycles. The van der Waals surface area contributed by atoms with E-state index >= 15 is 0 Å². The number of benzene rings is 3. The molecule has 9 nitrogen and oxygen atoms in total. The van der Waals surface area contributed by atoms with Gasteiger partial charge in [-0.05, 0) is 70.7 Å². The lowest BCUT2D eigenvalue weighted by Gasteiger charge is -2.25. The topological polar surface area (TPSA) is 128 Å². The minimum absolute atomic E-state index is 0.0137. The van der Waals surface area contributed by atoms with Crippen LogP contribution in [0.2, 0.25) is 0 Å². The normalized spacial score (nSPS) is 10.6. The van der Waals surface area contributed by atoms with Crippen molar-refractivity contribution in [3.63, 3.8) is 0 Å². The number of carboxylic acids is 1. The van der Waals surface area contributed by atoms with Gasteiger partial charge in [0.15, 0.2) is 11.5 Å². The molecule has 3 rings (SSSR count). The molecule has 0 fully saturated rings. The number of esters is 1. The van der Waals surface area contributed by atoms with Crippen LogP contribution in [-0.2, 0) is 11.2 Å². The van der Waals surface area contributed by atoms with Crippen LogP contribution < -0.4 is 9.80 Å². The average molecular weight is 691 g/mol. The van der Waals surface area contributed by atoms with E-state index in [0.29, 0.717) is 48.6 Å². The van der Waals surface area contributed by atoms with Crippen LogP contribution >= 0.6 is 0 Å². The van der Waals surface area contributed by atoms with Gasteiger partial charge < -0.3 is 29.9 Å². The van der Waals surface area contributed by atoms with Crippen molar-refractivity contribution in [1.82, 2.24) is 0 Å². The van der Waals surface area contributed by atoms with Crippen molar-refractivity contribution >= 4 is 29.1 Å². The molecule has 3 aromatic rings. The zero-order chi connectivity index (χ0) is 37.1. The lowest BCUT2D eigenvalue weighted by Crippen LogP contribution is -2.24. The van der Waals surface area contributed by atoms with Gasteiger partial charge in [-0.2, -0.15) is 0 Å². The number of phenolic OH excluding ortho intramolecular Hbond substituents is 2. The summed E-state index contributed by atoms with van der Waals surface area (Å²) in [7, 11) is 0. The Bertz CT molecular complexity index is 1500. The van der Waals surface area contributed by atoms with Gasteiger partial charge in [0.2, 0.25) is 0 Å². The first-order valence-corrected chi connectivity index (χ1v) is 18.3. The zero-order valence-corrected chi connectivity index (χ0v) is 31.0. The van der Waals surface area contributed by atoms with Crippen molar-refractivity contribution in [2.45, 2.75) is 99.3 Å². The molecular weight excluding hydrogens is 632 g/mol. The molecule has 0 aromatic heterocycles.